The summed E-state index contributed by atoms with van der Waals surface area (Å²) in [6.45, 7) is 10.4. The molecule has 0 aliphatic rings. The molecule has 0 spiro atoms. The highest BCUT2D eigenvalue weighted by molar-refractivity contribution is 9.09. The molecular formula is C10H22BrN. The van der Waals surface area contributed by atoms with Gasteiger partial charge in [0.05, 0.1) is 0 Å². The summed E-state index contributed by atoms with van der Waals surface area (Å²) in [5, 5.41) is 1.11. The molecule has 1 nitrogen and oxygen atoms in total. The Labute approximate surface area is 85.7 Å². The van der Waals surface area contributed by atoms with Gasteiger partial charge in [-0.2, -0.15) is 0 Å². The van der Waals surface area contributed by atoms with Crippen molar-refractivity contribution in [3.05, 3.63) is 0 Å². The van der Waals surface area contributed by atoms with E-state index in [4.69, 9.17) is 0 Å². The molecule has 0 aliphatic carbocycles. The van der Waals surface area contributed by atoms with E-state index < -0.39 is 0 Å². The predicted octanol–water partition coefficient (Wildman–Crippen LogP) is 3.14. The molecule has 0 fully saturated rings. The maximum atomic E-state index is 3.45. The molecule has 0 rings (SSSR count). The molecule has 0 aromatic heterocycles. The Kier molecular flexibility index (Phi) is 5.42. The van der Waals surface area contributed by atoms with Crippen molar-refractivity contribution in [2.45, 2.75) is 40.2 Å². The first-order valence-corrected chi connectivity index (χ1v) is 5.78. The predicted molar refractivity (Wildman–Crippen MR) is 60.0 cm³/mol. The van der Waals surface area contributed by atoms with Gasteiger partial charge in [-0.25, -0.2) is 0 Å². The Morgan fingerprint density at radius 1 is 1.33 bits per heavy atom. The third kappa shape index (κ3) is 4.46. The third-order valence-corrected chi connectivity index (χ3v) is 3.12. The van der Waals surface area contributed by atoms with E-state index in [0.29, 0.717) is 11.5 Å². The van der Waals surface area contributed by atoms with E-state index >= 15 is 0 Å². The molecule has 0 aromatic carbocycles. The van der Waals surface area contributed by atoms with Crippen molar-refractivity contribution >= 4 is 15.9 Å². The molecular weight excluding hydrogens is 214 g/mol. The second-order valence-corrected chi connectivity index (χ2v) is 5.36. The van der Waals surface area contributed by atoms with E-state index in [0.717, 1.165) is 5.33 Å². The van der Waals surface area contributed by atoms with Crippen molar-refractivity contribution in [2.24, 2.45) is 5.41 Å². The van der Waals surface area contributed by atoms with Gasteiger partial charge in [-0.1, -0.05) is 36.7 Å². The van der Waals surface area contributed by atoms with Crippen molar-refractivity contribution < 1.29 is 0 Å². The van der Waals surface area contributed by atoms with Crippen LogP contribution in [0.5, 0.6) is 0 Å². The van der Waals surface area contributed by atoms with Crippen LogP contribution in [0.3, 0.4) is 0 Å². The standard InChI is InChI=1S/C10H22BrN/c1-9(10(2,3)4)12(5)8-6-7-11/h9H,6-8H2,1-5H3. The van der Waals surface area contributed by atoms with E-state index in [1.807, 2.05) is 0 Å². The van der Waals surface area contributed by atoms with Gasteiger partial charge in [0.25, 0.3) is 0 Å². The van der Waals surface area contributed by atoms with Crippen LogP contribution in [0.2, 0.25) is 0 Å². The molecule has 12 heavy (non-hydrogen) atoms. The van der Waals surface area contributed by atoms with Crippen molar-refractivity contribution in [1.82, 2.24) is 4.90 Å². The smallest absolute Gasteiger partial charge is 0.0112 e. The van der Waals surface area contributed by atoms with Gasteiger partial charge in [-0.05, 0) is 32.4 Å². The zero-order valence-corrected chi connectivity index (χ0v) is 10.6. The summed E-state index contributed by atoms with van der Waals surface area (Å²) in [6, 6.07) is 0.650. The van der Waals surface area contributed by atoms with Crippen LogP contribution >= 0.6 is 15.9 Å². The lowest BCUT2D eigenvalue weighted by Gasteiger charge is -2.35. The minimum Gasteiger partial charge on any atom is -0.303 e. The van der Waals surface area contributed by atoms with Gasteiger partial charge in [0, 0.05) is 11.4 Å². The molecule has 1 atom stereocenters. The molecule has 1 unspecified atom stereocenters. The number of hydrogen-bond acceptors (Lipinski definition) is 1. The zero-order chi connectivity index (χ0) is 9.78. The van der Waals surface area contributed by atoms with Crippen LogP contribution in [-0.2, 0) is 0 Å². The first-order chi connectivity index (χ1) is 5.39. The van der Waals surface area contributed by atoms with Crippen LogP contribution < -0.4 is 0 Å². The van der Waals surface area contributed by atoms with Crippen molar-refractivity contribution in [3.63, 3.8) is 0 Å². The SMILES string of the molecule is CC(N(C)CCCBr)C(C)(C)C. The number of alkyl halides is 1. The summed E-state index contributed by atoms with van der Waals surface area (Å²) < 4.78 is 0. The second-order valence-electron chi connectivity index (χ2n) is 4.57. The first-order valence-electron chi connectivity index (χ1n) is 4.65. The van der Waals surface area contributed by atoms with Crippen molar-refractivity contribution in [2.75, 3.05) is 18.9 Å². The van der Waals surface area contributed by atoms with Crippen LogP contribution in [0.1, 0.15) is 34.1 Å². The fourth-order valence-corrected chi connectivity index (χ4v) is 1.41. The van der Waals surface area contributed by atoms with E-state index in [-0.39, 0.29) is 0 Å². The van der Waals surface area contributed by atoms with E-state index in [9.17, 15) is 0 Å². The Bertz CT molecular complexity index is 117. The third-order valence-electron chi connectivity index (χ3n) is 2.56. The number of rotatable bonds is 4. The highest BCUT2D eigenvalue weighted by Gasteiger charge is 2.22. The molecule has 0 bridgehead atoms. The van der Waals surface area contributed by atoms with Gasteiger partial charge in [-0.3, -0.25) is 0 Å². The average Bonchev–Trinajstić information content (AvgIpc) is 1.97. The lowest BCUT2D eigenvalue weighted by atomic mass is 9.87. The van der Waals surface area contributed by atoms with Gasteiger partial charge in [-0.15, -0.1) is 0 Å². The second kappa shape index (κ2) is 5.23. The van der Waals surface area contributed by atoms with E-state index in [1.54, 1.807) is 0 Å². The molecule has 0 saturated heterocycles. The fraction of sp³-hybridized carbons (Fsp3) is 1.00. The van der Waals surface area contributed by atoms with E-state index in [1.165, 1.54) is 13.0 Å². The molecule has 2 heteroatoms. The lowest BCUT2D eigenvalue weighted by Crippen LogP contribution is -2.39. The minimum atomic E-state index is 0.390. The summed E-state index contributed by atoms with van der Waals surface area (Å²) in [6.07, 6.45) is 1.23. The van der Waals surface area contributed by atoms with Gasteiger partial charge in [0.2, 0.25) is 0 Å². The van der Waals surface area contributed by atoms with Crippen LogP contribution in [0.15, 0.2) is 0 Å². The molecule has 74 valence electrons. The maximum Gasteiger partial charge on any atom is 0.0112 e. The summed E-state index contributed by atoms with van der Waals surface area (Å²) in [7, 11) is 2.21. The Morgan fingerprint density at radius 3 is 2.17 bits per heavy atom. The highest BCUT2D eigenvalue weighted by atomic mass is 79.9. The van der Waals surface area contributed by atoms with Gasteiger partial charge < -0.3 is 4.90 Å². The maximum absolute atomic E-state index is 3.45. The number of nitrogens with zero attached hydrogens (tertiary/aromatic N) is 1. The Hall–Kier alpha value is 0.440. The Morgan fingerprint density at radius 2 is 1.83 bits per heavy atom. The molecule has 0 saturated carbocycles. The largest absolute Gasteiger partial charge is 0.303 e. The monoisotopic (exact) mass is 235 g/mol. The van der Waals surface area contributed by atoms with Crippen LogP contribution in [-0.4, -0.2) is 29.9 Å². The molecule has 0 heterocycles. The van der Waals surface area contributed by atoms with Gasteiger partial charge in [0.15, 0.2) is 0 Å². The van der Waals surface area contributed by atoms with E-state index in [2.05, 4.69) is 55.6 Å². The average molecular weight is 236 g/mol. The summed E-state index contributed by atoms with van der Waals surface area (Å²) in [5.74, 6) is 0. The molecule has 0 radical (unpaired) electrons. The topological polar surface area (TPSA) is 3.24 Å². The van der Waals surface area contributed by atoms with Crippen molar-refractivity contribution in [1.29, 1.82) is 0 Å². The lowest BCUT2D eigenvalue weighted by molar-refractivity contribution is 0.142. The van der Waals surface area contributed by atoms with Gasteiger partial charge in [0.1, 0.15) is 0 Å². The minimum absolute atomic E-state index is 0.390. The normalized spacial score (nSPS) is 15.2. The molecule has 0 amide bonds. The quantitative estimate of drug-likeness (QED) is 0.678. The summed E-state index contributed by atoms with van der Waals surface area (Å²) in [4.78, 5) is 2.43. The highest BCUT2D eigenvalue weighted by Crippen LogP contribution is 2.22. The van der Waals surface area contributed by atoms with Crippen molar-refractivity contribution in [3.8, 4) is 0 Å². The molecule has 0 N–H and O–H groups in total. The Balaban J connectivity index is 3.84. The molecule has 0 aromatic rings. The first kappa shape index (κ1) is 12.4. The number of halogens is 1. The van der Waals surface area contributed by atoms with Gasteiger partial charge >= 0.3 is 0 Å². The summed E-state index contributed by atoms with van der Waals surface area (Å²) in [5.41, 5.74) is 0.390. The summed E-state index contributed by atoms with van der Waals surface area (Å²) >= 11 is 3.45. The molecule has 0 aliphatic heterocycles. The fourth-order valence-electron chi connectivity index (χ4n) is 1.16. The van der Waals surface area contributed by atoms with Crippen LogP contribution in [0.4, 0.5) is 0 Å². The number of hydrogen-bond donors (Lipinski definition) is 0. The van der Waals surface area contributed by atoms with Crippen LogP contribution in [0, 0.1) is 5.41 Å². The zero-order valence-electron chi connectivity index (χ0n) is 9.02. The van der Waals surface area contributed by atoms with Crippen LogP contribution in [0.25, 0.3) is 0 Å².